The fourth-order valence-corrected chi connectivity index (χ4v) is 4.84. The first-order chi connectivity index (χ1) is 17.2. The van der Waals surface area contributed by atoms with Crippen molar-refractivity contribution in [1.82, 2.24) is 9.88 Å². The zero-order valence-electron chi connectivity index (χ0n) is 20.5. The number of hydrogen-bond acceptors (Lipinski definition) is 6. The van der Waals surface area contributed by atoms with E-state index in [1.807, 2.05) is 6.07 Å². The lowest BCUT2D eigenvalue weighted by molar-refractivity contribution is 0.243. The lowest BCUT2D eigenvalue weighted by Crippen LogP contribution is -2.46. The summed E-state index contributed by atoms with van der Waals surface area (Å²) in [7, 11) is 4.96. The maximum absolute atomic E-state index is 5.69. The Morgan fingerprint density at radius 2 is 1.46 bits per heavy atom. The molecule has 1 fully saturated rings. The molecule has 1 saturated heterocycles. The third kappa shape index (κ3) is 4.62. The Balaban J connectivity index is 1.36. The summed E-state index contributed by atoms with van der Waals surface area (Å²) >= 11 is 0. The Bertz CT molecular complexity index is 1300. The SMILES string of the molecule is COc1ccc(CN2CCN(c3cc(-c4ccccc4)c4ccccc4n3)CC2)c(OC)c1OC. The van der Waals surface area contributed by atoms with Gasteiger partial charge in [0, 0.05) is 43.7 Å². The van der Waals surface area contributed by atoms with Crippen molar-refractivity contribution < 1.29 is 14.2 Å². The van der Waals surface area contributed by atoms with Crippen LogP contribution in [0, 0.1) is 0 Å². The van der Waals surface area contributed by atoms with Crippen LogP contribution in [0.1, 0.15) is 5.56 Å². The van der Waals surface area contributed by atoms with Gasteiger partial charge < -0.3 is 19.1 Å². The maximum Gasteiger partial charge on any atom is 0.203 e. The summed E-state index contributed by atoms with van der Waals surface area (Å²) in [6.45, 7) is 4.49. The van der Waals surface area contributed by atoms with Crippen LogP contribution >= 0.6 is 0 Å². The van der Waals surface area contributed by atoms with Crippen molar-refractivity contribution in [2.24, 2.45) is 0 Å². The lowest BCUT2D eigenvalue weighted by Gasteiger charge is -2.36. The number of benzene rings is 3. The molecule has 0 unspecified atom stereocenters. The highest BCUT2D eigenvalue weighted by atomic mass is 16.5. The molecule has 180 valence electrons. The molecule has 35 heavy (non-hydrogen) atoms. The second-order valence-corrected chi connectivity index (χ2v) is 8.67. The van der Waals surface area contributed by atoms with Gasteiger partial charge in [0.1, 0.15) is 5.82 Å². The van der Waals surface area contributed by atoms with Crippen LogP contribution in [0.15, 0.2) is 72.8 Å². The van der Waals surface area contributed by atoms with Gasteiger partial charge in [-0.25, -0.2) is 4.98 Å². The van der Waals surface area contributed by atoms with Gasteiger partial charge in [0.25, 0.3) is 0 Å². The molecular formula is C29H31N3O3. The Hall–Kier alpha value is -3.77. The predicted molar refractivity (Wildman–Crippen MR) is 141 cm³/mol. The summed E-state index contributed by atoms with van der Waals surface area (Å²) in [4.78, 5) is 9.85. The molecule has 0 radical (unpaired) electrons. The minimum atomic E-state index is 0.639. The van der Waals surface area contributed by atoms with Gasteiger partial charge in [0.15, 0.2) is 11.5 Å². The zero-order valence-corrected chi connectivity index (χ0v) is 20.5. The standard InChI is InChI=1S/C29H31N3O3/c1-33-26-14-13-22(28(34-2)29(26)35-3)20-31-15-17-32(18-16-31)27-19-24(21-9-5-4-6-10-21)23-11-7-8-12-25(23)30-27/h4-14,19H,15-18,20H2,1-3H3. The third-order valence-electron chi connectivity index (χ3n) is 6.66. The van der Waals surface area contributed by atoms with Crippen LogP contribution in [0.5, 0.6) is 17.2 Å². The molecule has 0 saturated carbocycles. The number of anilines is 1. The number of ether oxygens (including phenoxy) is 3. The summed E-state index contributed by atoms with van der Waals surface area (Å²) in [5.41, 5.74) is 4.56. The predicted octanol–water partition coefficient (Wildman–Crippen LogP) is 5.25. The van der Waals surface area contributed by atoms with Gasteiger partial charge in [-0.2, -0.15) is 0 Å². The summed E-state index contributed by atoms with van der Waals surface area (Å²) < 4.78 is 16.7. The molecule has 0 amide bonds. The van der Waals surface area contributed by atoms with Gasteiger partial charge in [-0.15, -0.1) is 0 Å². The Kier molecular flexibility index (Phi) is 6.73. The monoisotopic (exact) mass is 469 g/mol. The average Bonchev–Trinajstić information content (AvgIpc) is 2.93. The Labute approximate surface area is 206 Å². The highest BCUT2D eigenvalue weighted by Crippen LogP contribution is 2.40. The van der Waals surface area contributed by atoms with Gasteiger partial charge in [-0.3, -0.25) is 4.90 Å². The van der Waals surface area contributed by atoms with E-state index in [1.54, 1.807) is 21.3 Å². The lowest BCUT2D eigenvalue weighted by atomic mass is 10.0. The second-order valence-electron chi connectivity index (χ2n) is 8.67. The normalized spacial score (nSPS) is 14.2. The van der Waals surface area contributed by atoms with Gasteiger partial charge in [-0.05, 0) is 29.3 Å². The number of fused-ring (bicyclic) bond motifs is 1. The number of rotatable bonds is 7. The number of nitrogens with zero attached hydrogens (tertiary/aromatic N) is 3. The average molecular weight is 470 g/mol. The molecule has 3 aromatic carbocycles. The molecule has 6 nitrogen and oxygen atoms in total. The molecule has 6 heteroatoms. The molecule has 1 aliphatic rings. The number of pyridine rings is 1. The van der Waals surface area contributed by atoms with E-state index in [-0.39, 0.29) is 0 Å². The van der Waals surface area contributed by atoms with Crippen molar-refractivity contribution in [2.75, 3.05) is 52.4 Å². The molecule has 0 aliphatic carbocycles. The molecule has 0 bridgehead atoms. The first-order valence-corrected chi connectivity index (χ1v) is 11.9. The van der Waals surface area contributed by atoms with E-state index in [0.29, 0.717) is 11.5 Å². The van der Waals surface area contributed by atoms with Crippen molar-refractivity contribution in [1.29, 1.82) is 0 Å². The van der Waals surface area contributed by atoms with Gasteiger partial charge >= 0.3 is 0 Å². The molecule has 0 spiro atoms. The van der Waals surface area contributed by atoms with E-state index in [1.165, 1.54) is 16.5 Å². The van der Waals surface area contributed by atoms with Gasteiger partial charge in [0.2, 0.25) is 5.75 Å². The number of aromatic nitrogens is 1. The molecule has 0 atom stereocenters. The van der Waals surface area contributed by atoms with E-state index in [2.05, 4.69) is 76.5 Å². The quantitative estimate of drug-likeness (QED) is 0.368. The molecule has 1 aromatic heterocycles. The maximum atomic E-state index is 5.69. The first kappa shape index (κ1) is 23.0. The van der Waals surface area contributed by atoms with Crippen LogP contribution in [0.3, 0.4) is 0 Å². The summed E-state index contributed by atoms with van der Waals surface area (Å²) in [5.74, 6) is 3.08. The first-order valence-electron chi connectivity index (χ1n) is 11.9. The minimum absolute atomic E-state index is 0.639. The summed E-state index contributed by atoms with van der Waals surface area (Å²) in [6, 6.07) is 25.2. The van der Waals surface area contributed by atoms with Crippen LogP contribution < -0.4 is 19.1 Å². The van der Waals surface area contributed by atoms with E-state index in [0.717, 1.165) is 55.4 Å². The van der Waals surface area contributed by atoms with Gasteiger partial charge in [0.05, 0.1) is 26.8 Å². The third-order valence-corrected chi connectivity index (χ3v) is 6.66. The Morgan fingerprint density at radius 1 is 0.743 bits per heavy atom. The van der Waals surface area contributed by atoms with Crippen LogP contribution in [-0.4, -0.2) is 57.4 Å². The van der Waals surface area contributed by atoms with Crippen LogP contribution in [-0.2, 0) is 6.54 Å². The van der Waals surface area contributed by atoms with E-state index < -0.39 is 0 Å². The number of piperazine rings is 1. The molecular weight excluding hydrogens is 438 g/mol. The van der Waals surface area contributed by atoms with Crippen molar-refractivity contribution in [2.45, 2.75) is 6.54 Å². The molecule has 0 N–H and O–H groups in total. The molecule has 2 heterocycles. The zero-order chi connectivity index (χ0) is 24.2. The van der Waals surface area contributed by atoms with Crippen LogP contribution in [0.25, 0.3) is 22.0 Å². The highest BCUT2D eigenvalue weighted by Gasteiger charge is 2.22. The number of methoxy groups -OCH3 is 3. The van der Waals surface area contributed by atoms with E-state index in [4.69, 9.17) is 19.2 Å². The molecule has 4 aromatic rings. The minimum Gasteiger partial charge on any atom is -0.493 e. The molecule has 5 rings (SSSR count). The number of hydrogen-bond donors (Lipinski definition) is 0. The topological polar surface area (TPSA) is 47.1 Å². The largest absolute Gasteiger partial charge is 0.493 e. The highest BCUT2D eigenvalue weighted by molar-refractivity contribution is 5.96. The number of para-hydroxylation sites is 1. The smallest absolute Gasteiger partial charge is 0.203 e. The van der Waals surface area contributed by atoms with Crippen LogP contribution in [0.2, 0.25) is 0 Å². The molecule has 1 aliphatic heterocycles. The summed E-state index contributed by atoms with van der Waals surface area (Å²) in [5, 5.41) is 1.18. The van der Waals surface area contributed by atoms with Gasteiger partial charge in [-0.1, -0.05) is 54.6 Å². The van der Waals surface area contributed by atoms with Crippen molar-refractivity contribution in [3.05, 3.63) is 78.4 Å². The van der Waals surface area contributed by atoms with Crippen LogP contribution in [0.4, 0.5) is 5.82 Å². The van der Waals surface area contributed by atoms with Crippen molar-refractivity contribution >= 4 is 16.7 Å². The fourth-order valence-electron chi connectivity index (χ4n) is 4.84. The fraction of sp³-hybridized carbons (Fsp3) is 0.276. The van der Waals surface area contributed by atoms with E-state index >= 15 is 0 Å². The Morgan fingerprint density at radius 3 is 2.17 bits per heavy atom. The van der Waals surface area contributed by atoms with Crippen molar-refractivity contribution in [3.8, 4) is 28.4 Å². The van der Waals surface area contributed by atoms with Crippen molar-refractivity contribution in [3.63, 3.8) is 0 Å². The van der Waals surface area contributed by atoms with E-state index in [9.17, 15) is 0 Å². The summed E-state index contributed by atoms with van der Waals surface area (Å²) in [6.07, 6.45) is 0. The second kappa shape index (κ2) is 10.2.